The van der Waals surface area contributed by atoms with E-state index in [1.807, 2.05) is 11.9 Å². The average molecular weight is 337 g/mol. The number of rotatable bonds is 4. The van der Waals surface area contributed by atoms with Gasteiger partial charge < -0.3 is 10.5 Å². The van der Waals surface area contributed by atoms with Gasteiger partial charge in [0.2, 0.25) is 5.78 Å². The van der Waals surface area contributed by atoms with Crippen LogP contribution in [-0.4, -0.2) is 27.9 Å². The quantitative estimate of drug-likeness (QED) is 0.614. The maximum Gasteiger partial charge on any atom is 0.339 e. The summed E-state index contributed by atoms with van der Waals surface area (Å²) in [6.07, 6.45) is 0. The summed E-state index contributed by atoms with van der Waals surface area (Å²) in [5.41, 5.74) is 3.95. The highest BCUT2D eigenvalue weighted by Crippen LogP contribution is 2.21. The summed E-state index contributed by atoms with van der Waals surface area (Å²) in [6, 6.07) is 1.67. The van der Waals surface area contributed by atoms with Gasteiger partial charge in [0.1, 0.15) is 11.4 Å². The summed E-state index contributed by atoms with van der Waals surface area (Å²) in [6.45, 7) is 2.98. The minimum absolute atomic E-state index is 0.276. The van der Waals surface area contributed by atoms with Crippen LogP contribution in [0.5, 0.6) is 0 Å². The van der Waals surface area contributed by atoms with Gasteiger partial charge >= 0.3 is 11.7 Å². The molecule has 0 aliphatic rings. The number of H-pyrrole nitrogens is 1. The number of nitrogens with two attached hydrogens (primary N) is 1. The number of nitrogens with zero attached hydrogens (tertiary/aromatic N) is 1. The molecule has 8 nitrogen and oxygen atoms in total. The van der Waals surface area contributed by atoms with Crippen LogP contribution in [0.4, 0.5) is 5.82 Å². The number of aromatic nitrogens is 2. The average Bonchev–Trinajstić information content (AvgIpc) is 2.81. The number of anilines is 1. The summed E-state index contributed by atoms with van der Waals surface area (Å²) in [5.74, 6) is -1.71. The second-order valence-electron chi connectivity index (χ2n) is 4.90. The van der Waals surface area contributed by atoms with Crippen molar-refractivity contribution in [3.63, 3.8) is 0 Å². The molecule has 0 atom stereocenters. The highest BCUT2D eigenvalue weighted by Gasteiger charge is 2.21. The Morgan fingerprint density at radius 3 is 2.57 bits per heavy atom. The first kappa shape index (κ1) is 16.7. The number of esters is 1. The number of thiophene rings is 1. The van der Waals surface area contributed by atoms with Crippen LogP contribution >= 0.6 is 11.3 Å². The number of carbonyl (C=O) groups excluding carboxylic acids is 2. The molecule has 23 heavy (non-hydrogen) atoms. The first-order valence-electron chi connectivity index (χ1n) is 6.58. The molecule has 0 aromatic carbocycles. The molecule has 0 aliphatic heterocycles. The van der Waals surface area contributed by atoms with Crippen molar-refractivity contribution in [3.8, 4) is 0 Å². The molecular formula is C14H15N3O5S. The van der Waals surface area contributed by atoms with Crippen molar-refractivity contribution in [1.29, 1.82) is 0 Å². The fraction of sp³-hybridized carbons (Fsp3) is 0.286. The van der Waals surface area contributed by atoms with Crippen molar-refractivity contribution in [3.05, 3.63) is 47.8 Å². The van der Waals surface area contributed by atoms with E-state index in [-0.39, 0.29) is 5.82 Å². The SMILES string of the molecule is Cc1cc(C(=O)OCC(=O)c2c(N)n(C)c(=O)[nH]c2=O)c(C)s1. The van der Waals surface area contributed by atoms with Crippen molar-refractivity contribution in [2.75, 3.05) is 12.3 Å². The number of nitrogen functional groups attached to an aromatic ring is 1. The van der Waals surface area contributed by atoms with Crippen molar-refractivity contribution < 1.29 is 14.3 Å². The predicted octanol–water partition coefficient (Wildman–Crippen LogP) is 0.374. The Labute approximate surface area is 134 Å². The van der Waals surface area contributed by atoms with E-state index in [0.717, 1.165) is 14.3 Å². The highest BCUT2D eigenvalue weighted by atomic mass is 32.1. The topological polar surface area (TPSA) is 124 Å². The van der Waals surface area contributed by atoms with Crippen molar-refractivity contribution in [2.24, 2.45) is 7.05 Å². The van der Waals surface area contributed by atoms with E-state index in [2.05, 4.69) is 0 Å². The van der Waals surface area contributed by atoms with E-state index in [9.17, 15) is 19.2 Å². The van der Waals surface area contributed by atoms with E-state index >= 15 is 0 Å². The molecule has 3 N–H and O–H groups in total. The third-order valence-corrected chi connectivity index (χ3v) is 4.21. The number of hydrogen-bond acceptors (Lipinski definition) is 7. The number of aryl methyl sites for hydroxylation is 2. The second-order valence-corrected chi connectivity index (χ2v) is 6.37. The van der Waals surface area contributed by atoms with E-state index in [0.29, 0.717) is 5.56 Å². The molecule has 0 saturated heterocycles. The molecule has 0 unspecified atom stereocenters. The van der Waals surface area contributed by atoms with E-state index in [4.69, 9.17) is 10.5 Å². The Hall–Kier alpha value is -2.68. The first-order chi connectivity index (χ1) is 10.7. The molecule has 122 valence electrons. The lowest BCUT2D eigenvalue weighted by Crippen LogP contribution is -2.35. The molecule has 0 bridgehead atoms. The van der Waals surface area contributed by atoms with Crippen LogP contribution in [0, 0.1) is 13.8 Å². The monoisotopic (exact) mass is 337 g/mol. The number of ketones is 1. The molecule has 2 aromatic rings. The Kier molecular flexibility index (Phi) is 4.50. The number of aromatic amines is 1. The molecule has 0 amide bonds. The summed E-state index contributed by atoms with van der Waals surface area (Å²) >= 11 is 1.44. The summed E-state index contributed by atoms with van der Waals surface area (Å²) in [5, 5.41) is 0. The Bertz CT molecular complexity index is 906. The van der Waals surface area contributed by atoms with E-state index < -0.39 is 35.2 Å². The molecular weight excluding hydrogens is 322 g/mol. The number of carbonyl (C=O) groups is 2. The zero-order valence-corrected chi connectivity index (χ0v) is 13.6. The molecule has 0 aliphatic carbocycles. The third-order valence-electron chi connectivity index (χ3n) is 3.24. The van der Waals surface area contributed by atoms with Crippen LogP contribution in [0.25, 0.3) is 0 Å². The molecule has 0 saturated carbocycles. The molecule has 2 aromatic heterocycles. The minimum Gasteiger partial charge on any atom is -0.454 e. The fourth-order valence-corrected chi connectivity index (χ4v) is 2.93. The van der Waals surface area contributed by atoms with Gasteiger partial charge in [-0.2, -0.15) is 0 Å². The molecule has 2 rings (SSSR count). The smallest absolute Gasteiger partial charge is 0.339 e. The van der Waals surface area contributed by atoms with Gasteiger partial charge in [0, 0.05) is 16.8 Å². The van der Waals surface area contributed by atoms with Crippen molar-refractivity contribution >= 4 is 28.9 Å². The number of nitrogens with one attached hydrogen (secondary N) is 1. The minimum atomic E-state index is -0.908. The lowest BCUT2D eigenvalue weighted by Gasteiger charge is -2.08. The van der Waals surface area contributed by atoms with E-state index in [1.165, 1.54) is 18.4 Å². The maximum absolute atomic E-state index is 12.1. The Morgan fingerprint density at radius 2 is 2.00 bits per heavy atom. The Morgan fingerprint density at radius 1 is 1.35 bits per heavy atom. The zero-order chi connectivity index (χ0) is 17.3. The van der Waals surface area contributed by atoms with Crippen LogP contribution in [0.3, 0.4) is 0 Å². The summed E-state index contributed by atoms with van der Waals surface area (Å²) < 4.78 is 5.87. The first-order valence-corrected chi connectivity index (χ1v) is 7.40. The van der Waals surface area contributed by atoms with Gasteiger partial charge in [-0.05, 0) is 19.9 Å². The van der Waals surface area contributed by atoms with Crippen LogP contribution < -0.4 is 17.0 Å². The van der Waals surface area contributed by atoms with Crippen LogP contribution in [-0.2, 0) is 11.8 Å². The maximum atomic E-state index is 12.1. The highest BCUT2D eigenvalue weighted by molar-refractivity contribution is 7.12. The van der Waals surface area contributed by atoms with Gasteiger partial charge in [0.15, 0.2) is 6.61 Å². The zero-order valence-electron chi connectivity index (χ0n) is 12.8. The van der Waals surface area contributed by atoms with Crippen molar-refractivity contribution in [2.45, 2.75) is 13.8 Å². The number of Topliss-reactive ketones (excluding diaryl/α,β-unsaturated/α-hetero) is 1. The van der Waals surface area contributed by atoms with Gasteiger partial charge in [0.25, 0.3) is 5.56 Å². The summed E-state index contributed by atoms with van der Waals surface area (Å²) in [4.78, 5) is 50.8. The largest absolute Gasteiger partial charge is 0.454 e. The molecule has 0 radical (unpaired) electrons. The number of ether oxygens (including phenoxy) is 1. The van der Waals surface area contributed by atoms with Crippen LogP contribution in [0.1, 0.15) is 30.5 Å². The third kappa shape index (κ3) is 3.24. The van der Waals surface area contributed by atoms with Gasteiger partial charge in [-0.3, -0.25) is 19.1 Å². The van der Waals surface area contributed by atoms with E-state index in [1.54, 1.807) is 13.0 Å². The van der Waals surface area contributed by atoms with Crippen molar-refractivity contribution in [1.82, 2.24) is 9.55 Å². The molecule has 0 spiro atoms. The molecule has 0 fully saturated rings. The Balaban J connectivity index is 2.19. The molecule has 9 heteroatoms. The van der Waals surface area contributed by atoms with Gasteiger partial charge in [-0.25, -0.2) is 9.59 Å². The molecule has 2 heterocycles. The predicted molar refractivity (Wildman–Crippen MR) is 85.1 cm³/mol. The summed E-state index contributed by atoms with van der Waals surface area (Å²) in [7, 11) is 1.31. The second kappa shape index (κ2) is 6.21. The fourth-order valence-electron chi connectivity index (χ4n) is 2.02. The van der Waals surface area contributed by atoms with Gasteiger partial charge in [-0.15, -0.1) is 11.3 Å². The van der Waals surface area contributed by atoms with Crippen LogP contribution in [0.15, 0.2) is 15.7 Å². The van der Waals surface area contributed by atoms with Crippen LogP contribution in [0.2, 0.25) is 0 Å². The standard InChI is InChI=1S/C14H15N3O5S/c1-6-4-8(7(2)23-6)13(20)22-5-9(18)10-11(15)17(3)14(21)16-12(10)19/h4H,5,15H2,1-3H3,(H,16,19,21). The van der Waals surface area contributed by atoms with Gasteiger partial charge in [-0.1, -0.05) is 0 Å². The number of hydrogen-bond donors (Lipinski definition) is 2. The lowest BCUT2D eigenvalue weighted by molar-refractivity contribution is 0.0474. The van der Waals surface area contributed by atoms with Gasteiger partial charge in [0.05, 0.1) is 5.56 Å². The normalized spacial score (nSPS) is 10.6. The lowest BCUT2D eigenvalue weighted by atomic mass is 10.2.